The lowest BCUT2D eigenvalue weighted by molar-refractivity contribution is 0.104. The molecule has 0 aromatic heterocycles. The predicted molar refractivity (Wildman–Crippen MR) is 80.4 cm³/mol. The zero-order valence-corrected chi connectivity index (χ0v) is 11.6. The number of carbonyl (C=O) groups excluding carboxylic acids is 1. The van der Waals surface area contributed by atoms with Gasteiger partial charge in [0.1, 0.15) is 0 Å². The van der Waals surface area contributed by atoms with E-state index in [4.69, 9.17) is 5.26 Å². The van der Waals surface area contributed by atoms with E-state index in [1.807, 2.05) is 38.1 Å². The van der Waals surface area contributed by atoms with Crippen LogP contribution in [0.5, 0.6) is 0 Å². The Labute approximate surface area is 119 Å². The van der Waals surface area contributed by atoms with Crippen molar-refractivity contribution in [2.75, 3.05) is 0 Å². The maximum Gasteiger partial charge on any atom is 0.185 e. The van der Waals surface area contributed by atoms with E-state index in [2.05, 4.69) is 6.07 Å². The minimum absolute atomic E-state index is 0.0607. The van der Waals surface area contributed by atoms with Crippen molar-refractivity contribution in [3.05, 3.63) is 76.4 Å². The van der Waals surface area contributed by atoms with Crippen LogP contribution in [0.4, 0.5) is 0 Å². The van der Waals surface area contributed by atoms with E-state index in [0.29, 0.717) is 11.1 Å². The number of benzene rings is 2. The lowest BCUT2D eigenvalue weighted by Gasteiger charge is -2.01. The third-order valence-electron chi connectivity index (χ3n) is 3.14. The molecule has 98 valence electrons. The second kappa shape index (κ2) is 5.99. The molecule has 0 saturated carbocycles. The molecule has 0 bridgehead atoms. The first-order valence-electron chi connectivity index (χ1n) is 6.40. The molecule has 2 nitrogen and oxygen atoms in total. The molecule has 0 aliphatic heterocycles. The van der Waals surface area contributed by atoms with Crippen LogP contribution in [-0.2, 0) is 0 Å². The molecule has 0 N–H and O–H groups in total. The number of aryl methyl sites for hydroxylation is 2. The maximum absolute atomic E-state index is 12.0. The highest BCUT2D eigenvalue weighted by molar-refractivity contribution is 6.06. The van der Waals surface area contributed by atoms with Gasteiger partial charge in [-0.05, 0) is 55.3 Å². The molecule has 0 amide bonds. The summed E-state index contributed by atoms with van der Waals surface area (Å²) in [6.45, 7) is 4.07. The zero-order valence-electron chi connectivity index (χ0n) is 11.6. The van der Waals surface area contributed by atoms with Gasteiger partial charge in [-0.15, -0.1) is 0 Å². The van der Waals surface area contributed by atoms with Crippen molar-refractivity contribution in [3.8, 4) is 6.07 Å². The Bertz CT molecular complexity index is 703. The first kappa shape index (κ1) is 13.8. The van der Waals surface area contributed by atoms with Crippen molar-refractivity contribution < 1.29 is 4.79 Å². The van der Waals surface area contributed by atoms with Gasteiger partial charge >= 0.3 is 0 Å². The zero-order chi connectivity index (χ0) is 14.5. The quantitative estimate of drug-likeness (QED) is 0.617. The van der Waals surface area contributed by atoms with Crippen molar-refractivity contribution in [2.45, 2.75) is 13.8 Å². The second-order valence-corrected chi connectivity index (χ2v) is 4.75. The van der Waals surface area contributed by atoms with Crippen LogP contribution < -0.4 is 0 Å². The molecular weight excluding hydrogens is 246 g/mol. The SMILES string of the molecule is Cc1ccc(/C=C/C(=O)c2ccc(C#N)cc2)c(C)c1. The Hall–Kier alpha value is -2.66. The number of ketones is 1. The van der Waals surface area contributed by atoms with Crippen molar-refractivity contribution in [1.29, 1.82) is 5.26 Å². The molecule has 2 rings (SSSR count). The van der Waals surface area contributed by atoms with Crippen LogP contribution in [0.1, 0.15) is 32.6 Å². The van der Waals surface area contributed by atoms with Crippen LogP contribution in [0, 0.1) is 25.2 Å². The Morgan fingerprint density at radius 1 is 1.10 bits per heavy atom. The summed E-state index contributed by atoms with van der Waals surface area (Å²) in [5.74, 6) is -0.0607. The Morgan fingerprint density at radius 3 is 2.40 bits per heavy atom. The van der Waals surface area contributed by atoms with Crippen molar-refractivity contribution in [1.82, 2.24) is 0 Å². The van der Waals surface area contributed by atoms with Crippen LogP contribution in [0.3, 0.4) is 0 Å². The summed E-state index contributed by atoms with van der Waals surface area (Å²) in [6, 6.07) is 14.8. The number of hydrogen-bond donors (Lipinski definition) is 0. The minimum Gasteiger partial charge on any atom is -0.289 e. The normalized spacial score (nSPS) is 10.4. The highest BCUT2D eigenvalue weighted by atomic mass is 16.1. The largest absolute Gasteiger partial charge is 0.289 e. The van der Waals surface area contributed by atoms with Crippen LogP contribution in [-0.4, -0.2) is 5.78 Å². The third kappa shape index (κ3) is 3.21. The second-order valence-electron chi connectivity index (χ2n) is 4.75. The number of allylic oxidation sites excluding steroid dienone is 1. The fraction of sp³-hybridized carbons (Fsp3) is 0.111. The Kier molecular flexibility index (Phi) is 4.12. The number of nitrogens with zero attached hydrogens (tertiary/aromatic N) is 1. The van der Waals surface area contributed by atoms with Gasteiger partial charge in [0, 0.05) is 5.56 Å². The number of hydrogen-bond acceptors (Lipinski definition) is 2. The smallest absolute Gasteiger partial charge is 0.185 e. The Balaban J connectivity index is 2.18. The van der Waals surface area contributed by atoms with E-state index >= 15 is 0 Å². The summed E-state index contributed by atoms with van der Waals surface area (Å²) in [5.41, 5.74) is 4.54. The van der Waals surface area contributed by atoms with Crippen molar-refractivity contribution >= 4 is 11.9 Å². The highest BCUT2D eigenvalue weighted by Crippen LogP contribution is 2.13. The van der Waals surface area contributed by atoms with E-state index in [-0.39, 0.29) is 5.78 Å². The highest BCUT2D eigenvalue weighted by Gasteiger charge is 2.02. The summed E-state index contributed by atoms with van der Waals surface area (Å²) >= 11 is 0. The summed E-state index contributed by atoms with van der Waals surface area (Å²) in [6.07, 6.45) is 3.40. The first-order chi connectivity index (χ1) is 9.60. The van der Waals surface area contributed by atoms with Gasteiger partial charge in [-0.3, -0.25) is 4.79 Å². The fourth-order valence-electron chi connectivity index (χ4n) is 1.98. The summed E-state index contributed by atoms with van der Waals surface area (Å²) < 4.78 is 0. The van der Waals surface area contributed by atoms with Gasteiger partial charge < -0.3 is 0 Å². The molecule has 0 atom stereocenters. The van der Waals surface area contributed by atoms with Gasteiger partial charge in [-0.1, -0.05) is 29.8 Å². The third-order valence-corrected chi connectivity index (χ3v) is 3.14. The van der Waals surface area contributed by atoms with E-state index in [0.717, 1.165) is 11.1 Å². The number of rotatable bonds is 3. The van der Waals surface area contributed by atoms with E-state index < -0.39 is 0 Å². The lowest BCUT2D eigenvalue weighted by Crippen LogP contribution is -1.94. The average molecular weight is 261 g/mol. The van der Waals surface area contributed by atoms with Gasteiger partial charge in [0.05, 0.1) is 11.6 Å². The molecule has 20 heavy (non-hydrogen) atoms. The van der Waals surface area contributed by atoms with E-state index in [1.165, 1.54) is 5.56 Å². The van der Waals surface area contributed by atoms with Crippen LogP contribution in [0.15, 0.2) is 48.5 Å². The average Bonchev–Trinajstić information content (AvgIpc) is 2.46. The van der Waals surface area contributed by atoms with Crippen LogP contribution in [0.25, 0.3) is 6.08 Å². The van der Waals surface area contributed by atoms with Gasteiger partial charge in [-0.25, -0.2) is 0 Å². The molecule has 0 spiro atoms. The molecule has 0 fully saturated rings. The van der Waals surface area contributed by atoms with Gasteiger partial charge in [0.25, 0.3) is 0 Å². The van der Waals surface area contributed by atoms with Gasteiger partial charge in [0.2, 0.25) is 0 Å². The summed E-state index contributed by atoms with van der Waals surface area (Å²) in [7, 11) is 0. The van der Waals surface area contributed by atoms with Gasteiger partial charge in [-0.2, -0.15) is 5.26 Å². The molecule has 0 saturated heterocycles. The standard InChI is InChI=1S/C18H15NO/c1-13-3-6-16(14(2)11-13)9-10-18(20)17-7-4-15(12-19)5-8-17/h3-11H,1-2H3/b10-9+. The molecule has 2 heteroatoms. The monoisotopic (exact) mass is 261 g/mol. The van der Waals surface area contributed by atoms with Crippen LogP contribution >= 0.6 is 0 Å². The lowest BCUT2D eigenvalue weighted by atomic mass is 10.0. The van der Waals surface area contributed by atoms with E-state index in [1.54, 1.807) is 30.3 Å². The molecule has 0 radical (unpaired) electrons. The van der Waals surface area contributed by atoms with E-state index in [9.17, 15) is 4.79 Å². The number of nitriles is 1. The number of carbonyl (C=O) groups is 1. The molecule has 2 aromatic rings. The van der Waals surface area contributed by atoms with Crippen LogP contribution in [0.2, 0.25) is 0 Å². The van der Waals surface area contributed by atoms with Crippen molar-refractivity contribution in [2.24, 2.45) is 0 Å². The molecule has 2 aromatic carbocycles. The van der Waals surface area contributed by atoms with Crippen molar-refractivity contribution in [3.63, 3.8) is 0 Å². The molecule has 0 heterocycles. The predicted octanol–water partition coefficient (Wildman–Crippen LogP) is 4.07. The molecule has 0 aliphatic rings. The first-order valence-corrected chi connectivity index (χ1v) is 6.40. The minimum atomic E-state index is -0.0607. The topological polar surface area (TPSA) is 40.9 Å². The molecule has 0 aliphatic carbocycles. The van der Waals surface area contributed by atoms with Gasteiger partial charge in [0.15, 0.2) is 5.78 Å². The Morgan fingerprint density at radius 2 is 1.80 bits per heavy atom. The molecule has 0 unspecified atom stereocenters. The summed E-state index contributed by atoms with van der Waals surface area (Å²) in [4.78, 5) is 12.0. The fourth-order valence-corrected chi connectivity index (χ4v) is 1.98. The maximum atomic E-state index is 12.0. The summed E-state index contributed by atoms with van der Waals surface area (Å²) in [5, 5.41) is 8.72. The molecular formula is C18H15NO.